The van der Waals surface area contributed by atoms with Crippen molar-refractivity contribution in [3.63, 3.8) is 0 Å². The molecule has 0 bridgehead atoms. The number of hydrogen-bond acceptors (Lipinski definition) is 5. The summed E-state index contributed by atoms with van der Waals surface area (Å²) in [6.45, 7) is 4.97. The minimum Gasteiger partial charge on any atom is -0.462 e. The number of nitrogens with zero attached hydrogens (tertiary/aromatic N) is 2. The number of ether oxygens (including phenoxy) is 2. The largest absolute Gasteiger partial charge is 0.462 e. The molecule has 0 aromatic carbocycles. The second-order valence-electron chi connectivity index (χ2n) is 4.56. The molecule has 0 aliphatic carbocycles. The van der Waals surface area contributed by atoms with Crippen molar-refractivity contribution in [2.45, 2.75) is 45.6 Å². The molecule has 19 heavy (non-hydrogen) atoms. The molecular formula is C14H20N2O3. The Balaban J connectivity index is 2.26. The van der Waals surface area contributed by atoms with E-state index in [-0.39, 0.29) is 12.1 Å². The minimum atomic E-state index is -0.343. The van der Waals surface area contributed by atoms with Gasteiger partial charge < -0.3 is 9.47 Å². The molecule has 0 saturated carbocycles. The fourth-order valence-electron chi connectivity index (χ4n) is 2.18. The first-order chi connectivity index (χ1) is 9.26. The van der Waals surface area contributed by atoms with Gasteiger partial charge in [0.25, 0.3) is 0 Å². The van der Waals surface area contributed by atoms with Crippen LogP contribution in [0.2, 0.25) is 0 Å². The van der Waals surface area contributed by atoms with Crippen LogP contribution in [-0.4, -0.2) is 29.2 Å². The first kappa shape index (κ1) is 13.9. The maximum absolute atomic E-state index is 11.8. The van der Waals surface area contributed by atoms with Crippen LogP contribution in [-0.2, 0) is 15.9 Å². The molecule has 1 fully saturated rings. The molecule has 2 rings (SSSR count). The third-order valence-electron chi connectivity index (χ3n) is 3.09. The molecule has 0 N–H and O–H groups in total. The first-order valence-corrected chi connectivity index (χ1v) is 6.90. The molecule has 1 saturated heterocycles. The van der Waals surface area contributed by atoms with Crippen LogP contribution in [0.5, 0.6) is 0 Å². The molecule has 5 heteroatoms. The summed E-state index contributed by atoms with van der Waals surface area (Å²) < 4.78 is 10.6. The van der Waals surface area contributed by atoms with Crippen molar-refractivity contribution in [1.82, 2.24) is 9.97 Å². The number of aromatic nitrogens is 2. The number of hydrogen-bond donors (Lipinski definition) is 0. The van der Waals surface area contributed by atoms with E-state index >= 15 is 0 Å². The fourth-order valence-corrected chi connectivity index (χ4v) is 2.18. The topological polar surface area (TPSA) is 61.3 Å². The lowest BCUT2D eigenvalue weighted by molar-refractivity contribution is 0.0523. The van der Waals surface area contributed by atoms with Gasteiger partial charge in [0.05, 0.1) is 17.9 Å². The Morgan fingerprint density at radius 1 is 1.53 bits per heavy atom. The Kier molecular flexibility index (Phi) is 4.85. The van der Waals surface area contributed by atoms with E-state index in [4.69, 9.17) is 9.47 Å². The molecule has 0 radical (unpaired) electrons. The third kappa shape index (κ3) is 3.29. The Morgan fingerprint density at radius 2 is 2.37 bits per heavy atom. The highest BCUT2D eigenvalue weighted by atomic mass is 16.5. The average Bonchev–Trinajstić information content (AvgIpc) is 2.93. The van der Waals surface area contributed by atoms with Crippen molar-refractivity contribution in [1.29, 1.82) is 0 Å². The summed E-state index contributed by atoms with van der Waals surface area (Å²) in [6, 6.07) is 0. The third-order valence-corrected chi connectivity index (χ3v) is 3.09. The van der Waals surface area contributed by atoms with Gasteiger partial charge in [-0.1, -0.05) is 13.3 Å². The molecule has 2 heterocycles. The van der Waals surface area contributed by atoms with E-state index < -0.39 is 0 Å². The van der Waals surface area contributed by atoms with Crippen molar-refractivity contribution < 1.29 is 14.3 Å². The van der Waals surface area contributed by atoms with Crippen LogP contribution < -0.4 is 0 Å². The lowest BCUT2D eigenvalue weighted by Gasteiger charge is -2.12. The number of carbonyl (C=O) groups is 1. The van der Waals surface area contributed by atoms with E-state index in [1.54, 1.807) is 13.1 Å². The molecule has 5 nitrogen and oxygen atoms in total. The van der Waals surface area contributed by atoms with Crippen LogP contribution in [0.1, 0.15) is 61.1 Å². The van der Waals surface area contributed by atoms with Gasteiger partial charge >= 0.3 is 5.97 Å². The maximum Gasteiger partial charge on any atom is 0.341 e. The molecular weight excluding hydrogens is 244 g/mol. The fraction of sp³-hybridized carbons (Fsp3) is 0.643. The Bertz CT molecular complexity index is 442. The second kappa shape index (κ2) is 6.61. The molecule has 1 atom stereocenters. The molecule has 0 amide bonds. The molecule has 0 spiro atoms. The highest BCUT2D eigenvalue weighted by Crippen LogP contribution is 2.26. The highest BCUT2D eigenvalue weighted by Gasteiger charge is 2.23. The summed E-state index contributed by atoms with van der Waals surface area (Å²) in [7, 11) is 0. The van der Waals surface area contributed by atoms with E-state index in [1.807, 2.05) is 0 Å². The van der Waals surface area contributed by atoms with Gasteiger partial charge in [-0.25, -0.2) is 14.8 Å². The zero-order valence-electron chi connectivity index (χ0n) is 11.5. The number of esters is 1. The van der Waals surface area contributed by atoms with E-state index in [0.29, 0.717) is 18.0 Å². The maximum atomic E-state index is 11.8. The van der Waals surface area contributed by atoms with E-state index in [9.17, 15) is 4.79 Å². The van der Waals surface area contributed by atoms with Gasteiger partial charge in [-0.3, -0.25) is 0 Å². The first-order valence-electron chi connectivity index (χ1n) is 6.90. The van der Waals surface area contributed by atoms with Gasteiger partial charge in [-0.15, -0.1) is 0 Å². The smallest absolute Gasteiger partial charge is 0.341 e. The number of rotatable bonds is 5. The number of carbonyl (C=O) groups excluding carboxylic acids is 1. The normalized spacial score (nSPS) is 18.5. The molecule has 1 unspecified atom stereocenters. The lowest BCUT2D eigenvalue weighted by Crippen LogP contribution is -2.14. The zero-order chi connectivity index (χ0) is 13.7. The number of aryl methyl sites for hydroxylation is 1. The van der Waals surface area contributed by atoms with E-state index in [2.05, 4.69) is 16.9 Å². The summed E-state index contributed by atoms with van der Waals surface area (Å²) in [5, 5.41) is 0. The van der Waals surface area contributed by atoms with Gasteiger partial charge in [0.15, 0.2) is 5.82 Å². The SMILES string of the molecule is CCCc1nc(C2CCCO2)ncc1C(=O)OCC. The minimum absolute atomic E-state index is 0.0214. The van der Waals surface area contributed by atoms with Crippen molar-refractivity contribution >= 4 is 5.97 Å². The molecule has 1 aliphatic rings. The van der Waals surface area contributed by atoms with E-state index in [1.165, 1.54) is 0 Å². The van der Waals surface area contributed by atoms with Crippen molar-refractivity contribution in [2.24, 2.45) is 0 Å². The molecule has 1 aromatic rings. The van der Waals surface area contributed by atoms with Gasteiger partial charge in [0.2, 0.25) is 0 Å². The summed E-state index contributed by atoms with van der Waals surface area (Å²) >= 11 is 0. The Labute approximate surface area is 113 Å². The molecule has 1 aliphatic heterocycles. The standard InChI is InChI=1S/C14H20N2O3/c1-3-6-11-10(14(17)18-4-2)9-15-13(16-11)12-7-5-8-19-12/h9,12H,3-8H2,1-2H3. The lowest BCUT2D eigenvalue weighted by atomic mass is 10.1. The Hall–Kier alpha value is -1.49. The summed E-state index contributed by atoms with van der Waals surface area (Å²) in [5.74, 6) is 0.346. The zero-order valence-corrected chi connectivity index (χ0v) is 11.5. The average molecular weight is 264 g/mol. The van der Waals surface area contributed by atoms with Crippen LogP contribution in [0.15, 0.2) is 6.20 Å². The van der Waals surface area contributed by atoms with Crippen LogP contribution >= 0.6 is 0 Å². The van der Waals surface area contributed by atoms with Crippen LogP contribution in [0.3, 0.4) is 0 Å². The van der Waals surface area contributed by atoms with Crippen molar-refractivity contribution in [3.05, 3.63) is 23.3 Å². The molecule has 1 aromatic heterocycles. The van der Waals surface area contributed by atoms with Crippen LogP contribution in [0.25, 0.3) is 0 Å². The second-order valence-corrected chi connectivity index (χ2v) is 4.56. The van der Waals surface area contributed by atoms with E-state index in [0.717, 1.165) is 38.0 Å². The molecule has 104 valence electrons. The van der Waals surface area contributed by atoms with Gasteiger partial charge in [-0.05, 0) is 26.2 Å². The Morgan fingerprint density at radius 3 is 3.00 bits per heavy atom. The van der Waals surface area contributed by atoms with Crippen LogP contribution in [0, 0.1) is 0 Å². The predicted molar refractivity (Wildman–Crippen MR) is 69.9 cm³/mol. The van der Waals surface area contributed by atoms with Crippen molar-refractivity contribution in [2.75, 3.05) is 13.2 Å². The quantitative estimate of drug-likeness (QED) is 0.764. The monoisotopic (exact) mass is 264 g/mol. The van der Waals surface area contributed by atoms with Gasteiger partial charge in [0, 0.05) is 12.8 Å². The summed E-state index contributed by atoms with van der Waals surface area (Å²) in [4.78, 5) is 20.6. The van der Waals surface area contributed by atoms with Gasteiger partial charge in [0.1, 0.15) is 6.10 Å². The predicted octanol–water partition coefficient (Wildman–Crippen LogP) is 2.46. The van der Waals surface area contributed by atoms with Crippen molar-refractivity contribution in [3.8, 4) is 0 Å². The summed E-state index contributed by atoms with van der Waals surface area (Å²) in [5.41, 5.74) is 1.24. The van der Waals surface area contributed by atoms with Gasteiger partial charge in [-0.2, -0.15) is 0 Å². The summed E-state index contributed by atoms with van der Waals surface area (Å²) in [6.07, 6.45) is 5.21. The highest BCUT2D eigenvalue weighted by molar-refractivity contribution is 5.90. The van der Waals surface area contributed by atoms with Crippen LogP contribution in [0.4, 0.5) is 0 Å².